The summed E-state index contributed by atoms with van der Waals surface area (Å²) in [6.07, 6.45) is 3.32. The molecule has 8 nitrogen and oxygen atoms in total. The van der Waals surface area contributed by atoms with Crippen molar-refractivity contribution in [1.82, 2.24) is 24.7 Å². The van der Waals surface area contributed by atoms with E-state index in [4.69, 9.17) is 9.72 Å². The predicted molar refractivity (Wildman–Crippen MR) is 159 cm³/mol. The average Bonchev–Trinajstić information content (AvgIpc) is 3.49. The van der Waals surface area contributed by atoms with Crippen LogP contribution in [0.1, 0.15) is 5.56 Å². The summed E-state index contributed by atoms with van der Waals surface area (Å²) >= 11 is 0. The second kappa shape index (κ2) is 9.36. The molecule has 8 heteroatoms. The third kappa shape index (κ3) is 3.85. The molecule has 0 unspecified atom stereocenters. The highest BCUT2D eigenvalue weighted by atomic mass is 16.5. The first kappa shape index (κ1) is 23.6. The van der Waals surface area contributed by atoms with Gasteiger partial charge in [0.1, 0.15) is 11.3 Å². The van der Waals surface area contributed by atoms with Crippen molar-refractivity contribution in [2.75, 3.05) is 12.4 Å². The van der Waals surface area contributed by atoms with Crippen LogP contribution in [0.5, 0.6) is 5.75 Å². The zero-order valence-corrected chi connectivity index (χ0v) is 21.8. The van der Waals surface area contributed by atoms with E-state index in [0.717, 1.165) is 28.0 Å². The van der Waals surface area contributed by atoms with Gasteiger partial charge in [-0.3, -0.25) is 14.5 Å². The Hall–Kier alpha value is -5.50. The SMILES string of the molecule is COc1ccc(Nc2ncc3c4n[nH]cc4c(=O)n(-c4cccc(-c5ccc(C)c6ccccc56)c4)c3n2)cc1. The summed E-state index contributed by atoms with van der Waals surface area (Å²) in [6.45, 7) is 2.12. The van der Waals surface area contributed by atoms with Crippen molar-refractivity contribution in [3.8, 4) is 22.6 Å². The lowest BCUT2D eigenvalue weighted by atomic mass is 9.95. The van der Waals surface area contributed by atoms with Crippen LogP contribution in [0, 0.1) is 6.92 Å². The Morgan fingerprint density at radius 1 is 0.875 bits per heavy atom. The number of nitrogens with one attached hydrogen (secondary N) is 2. The molecule has 3 aromatic heterocycles. The first-order chi connectivity index (χ1) is 19.6. The number of ether oxygens (including phenoxy) is 1. The second-order valence-corrected chi connectivity index (χ2v) is 9.60. The number of anilines is 2. The third-order valence-electron chi connectivity index (χ3n) is 7.21. The van der Waals surface area contributed by atoms with E-state index in [2.05, 4.69) is 63.8 Å². The Morgan fingerprint density at radius 3 is 2.52 bits per heavy atom. The zero-order chi connectivity index (χ0) is 27.2. The van der Waals surface area contributed by atoms with Crippen molar-refractivity contribution in [3.05, 3.63) is 113 Å². The normalized spacial score (nSPS) is 11.3. The van der Waals surface area contributed by atoms with Gasteiger partial charge in [0, 0.05) is 18.1 Å². The van der Waals surface area contributed by atoms with Crippen LogP contribution in [-0.2, 0) is 0 Å². The van der Waals surface area contributed by atoms with Gasteiger partial charge in [-0.2, -0.15) is 10.1 Å². The lowest BCUT2D eigenvalue weighted by molar-refractivity contribution is 0.415. The topological polar surface area (TPSA) is 97.7 Å². The fourth-order valence-electron chi connectivity index (χ4n) is 5.20. The molecule has 0 saturated carbocycles. The van der Waals surface area contributed by atoms with Crippen molar-refractivity contribution >= 4 is 44.3 Å². The van der Waals surface area contributed by atoms with Crippen LogP contribution in [0.3, 0.4) is 0 Å². The number of pyridine rings is 1. The summed E-state index contributed by atoms with van der Waals surface area (Å²) in [7, 11) is 1.63. The molecule has 0 amide bonds. The first-order valence-electron chi connectivity index (χ1n) is 12.9. The lowest BCUT2D eigenvalue weighted by Gasteiger charge is -2.14. The van der Waals surface area contributed by atoms with Gasteiger partial charge in [-0.05, 0) is 70.8 Å². The molecule has 4 aromatic carbocycles. The lowest BCUT2D eigenvalue weighted by Crippen LogP contribution is -2.20. The van der Waals surface area contributed by atoms with E-state index in [1.54, 1.807) is 24.1 Å². The quantitative estimate of drug-likeness (QED) is 0.265. The van der Waals surface area contributed by atoms with Crippen LogP contribution in [0.25, 0.3) is 49.5 Å². The van der Waals surface area contributed by atoms with Crippen molar-refractivity contribution in [2.24, 2.45) is 0 Å². The molecule has 2 N–H and O–H groups in total. The molecule has 0 saturated heterocycles. The van der Waals surface area contributed by atoms with Gasteiger partial charge in [-0.25, -0.2) is 4.98 Å². The Balaban J connectivity index is 1.42. The molecule has 0 aliphatic rings. The molecule has 3 heterocycles. The Morgan fingerprint density at radius 2 is 1.70 bits per heavy atom. The maximum atomic E-state index is 13.9. The number of fused-ring (bicyclic) bond motifs is 4. The molecule has 0 atom stereocenters. The van der Waals surface area contributed by atoms with Crippen LogP contribution < -0.4 is 15.6 Å². The van der Waals surface area contributed by atoms with Gasteiger partial charge in [0.15, 0.2) is 5.65 Å². The van der Waals surface area contributed by atoms with Crippen LogP contribution in [-0.4, -0.2) is 31.8 Å². The smallest absolute Gasteiger partial charge is 0.267 e. The monoisotopic (exact) mass is 524 g/mol. The van der Waals surface area contributed by atoms with Crippen molar-refractivity contribution < 1.29 is 4.74 Å². The van der Waals surface area contributed by atoms with Gasteiger partial charge in [0.2, 0.25) is 5.95 Å². The highest BCUT2D eigenvalue weighted by molar-refractivity contribution is 6.02. The Bertz CT molecular complexity index is 2110. The van der Waals surface area contributed by atoms with Gasteiger partial charge in [-0.1, -0.05) is 48.5 Å². The zero-order valence-electron chi connectivity index (χ0n) is 21.8. The molecule has 0 bridgehead atoms. The number of hydrogen-bond donors (Lipinski definition) is 2. The van der Waals surface area contributed by atoms with E-state index in [-0.39, 0.29) is 5.56 Å². The van der Waals surface area contributed by atoms with Crippen LogP contribution >= 0.6 is 0 Å². The summed E-state index contributed by atoms with van der Waals surface area (Å²) in [5.74, 6) is 1.11. The minimum absolute atomic E-state index is 0.212. The molecule has 0 radical (unpaired) electrons. The Kier molecular flexibility index (Phi) is 5.52. The van der Waals surface area contributed by atoms with Gasteiger partial charge >= 0.3 is 0 Å². The molecule has 0 spiro atoms. The van der Waals surface area contributed by atoms with E-state index in [0.29, 0.717) is 33.6 Å². The van der Waals surface area contributed by atoms with E-state index in [1.807, 2.05) is 48.5 Å². The molecule has 7 rings (SSSR count). The summed E-state index contributed by atoms with van der Waals surface area (Å²) in [5, 5.41) is 13.9. The molecule has 0 aliphatic carbocycles. The summed E-state index contributed by atoms with van der Waals surface area (Å²) < 4.78 is 6.89. The predicted octanol–water partition coefficient (Wildman–Crippen LogP) is 6.54. The fourth-order valence-corrected chi connectivity index (χ4v) is 5.20. The standard InChI is InChI=1S/C32H24N6O2/c1-19-10-15-25(26-9-4-3-8-24(19)26)20-6-5-7-22(16-20)38-30-27(29-28(31(38)39)18-34-37-29)17-33-32(36-30)35-21-11-13-23(40-2)14-12-21/h3-18H,1-2H3,(H,34,37)(H,33,35,36). The Labute approximate surface area is 228 Å². The van der Waals surface area contributed by atoms with Crippen molar-refractivity contribution in [3.63, 3.8) is 0 Å². The number of nitrogens with zero attached hydrogens (tertiary/aromatic N) is 4. The molecule has 0 aliphatic heterocycles. The van der Waals surface area contributed by atoms with Gasteiger partial charge < -0.3 is 10.1 Å². The largest absolute Gasteiger partial charge is 0.497 e. The second-order valence-electron chi connectivity index (χ2n) is 9.60. The maximum Gasteiger partial charge on any atom is 0.267 e. The van der Waals surface area contributed by atoms with E-state index >= 15 is 0 Å². The van der Waals surface area contributed by atoms with Gasteiger partial charge in [-0.15, -0.1) is 0 Å². The van der Waals surface area contributed by atoms with E-state index in [1.165, 1.54) is 10.9 Å². The summed E-state index contributed by atoms with van der Waals surface area (Å²) in [6, 6.07) is 28.1. The number of H-pyrrole nitrogens is 1. The molecular weight excluding hydrogens is 500 g/mol. The van der Waals surface area contributed by atoms with Crippen molar-refractivity contribution in [2.45, 2.75) is 6.92 Å². The minimum atomic E-state index is -0.212. The molecule has 194 valence electrons. The first-order valence-corrected chi connectivity index (χ1v) is 12.9. The molecule has 0 fully saturated rings. The van der Waals surface area contributed by atoms with Gasteiger partial charge in [0.05, 0.1) is 23.6 Å². The molecular formula is C32H24N6O2. The summed E-state index contributed by atoms with van der Waals surface area (Å²) in [4.78, 5) is 23.2. The average molecular weight is 525 g/mol. The number of aromatic nitrogens is 5. The van der Waals surface area contributed by atoms with Crippen LogP contribution in [0.2, 0.25) is 0 Å². The third-order valence-corrected chi connectivity index (χ3v) is 7.21. The molecule has 7 aromatic rings. The summed E-state index contributed by atoms with van der Waals surface area (Å²) in [5.41, 5.74) is 5.60. The maximum absolute atomic E-state index is 13.9. The fraction of sp³-hybridized carbons (Fsp3) is 0.0625. The number of benzene rings is 4. The number of aryl methyl sites for hydroxylation is 1. The highest BCUT2D eigenvalue weighted by Crippen LogP contribution is 2.32. The van der Waals surface area contributed by atoms with Crippen LogP contribution in [0.15, 0.2) is 102 Å². The van der Waals surface area contributed by atoms with E-state index < -0.39 is 0 Å². The number of rotatable bonds is 5. The van der Waals surface area contributed by atoms with Crippen molar-refractivity contribution in [1.29, 1.82) is 0 Å². The van der Waals surface area contributed by atoms with E-state index in [9.17, 15) is 4.79 Å². The number of aromatic amines is 1. The van der Waals surface area contributed by atoms with Crippen LogP contribution in [0.4, 0.5) is 11.6 Å². The number of methoxy groups -OCH3 is 1. The van der Waals surface area contributed by atoms with Gasteiger partial charge in [0.25, 0.3) is 5.56 Å². The molecule has 40 heavy (non-hydrogen) atoms. The number of hydrogen-bond acceptors (Lipinski definition) is 6. The highest BCUT2D eigenvalue weighted by Gasteiger charge is 2.17. The minimum Gasteiger partial charge on any atom is -0.497 e.